The smallest absolute Gasteiger partial charge is 0.305 e. The van der Waals surface area contributed by atoms with E-state index < -0.39 is 0 Å². The number of carbonyl (C=O) groups excluding carboxylic acids is 1. The minimum atomic E-state index is -0.174. The van der Waals surface area contributed by atoms with E-state index in [0.29, 0.717) is 28.8 Å². The van der Waals surface area contributed by atoms with Gasteiger partial charge in [-0.25, -0.2) is 0 Å². The first-order valence-corrected chi connectivity index (χ1v) is 8.38. The molecule has 0 aliphatic heterocycles. The van der Waals surface area contributed by atoms with E-state index in [9.17, 15) is 4.79 Å². The Labute approximate surface area is 154 Å². The van der Waals surface area contributed by atoms with Crippen molar-refractivity contribution >= 4 is 29.0 Å². The summed E-state index contributed by atoms with van der Waals surface area (Å²) >= 11 is 5.29. The lowest BCUT2D eigenvalue weighted by Crippen LogP contribution is -2.29. The van der Waals surface area contributed by atoms with Crippen LogP contribution in [0, 0.1) is 0 Å². The van der Waals surface area contributed by atoms with Gasteiger partial charge in [0.25, 0.3) is 0 Å². The van der Waals surface area contributed by atoms with Crippen molar-refractivity contribution < 1.29 is 23.7 Å². The molecule has 2 N–H and O–H groups in total. The van der Waals surface area contributed by atoms with Crippen molar-refractivity contribution in [2.24, 2.45) is 0 Å². The molecule has 0 aliphatic carbocycles. The molecule has 0 spiro atoms. The van der Waals surface area contributed by atoms with Gasteiger partial charge in [0.05, 0.1) is 28.4 Å². The summed E-state index contributed by atoms with van der Waals surface area (Å²) in [6.45, 7) is 0.720. The van der Waals surface area contributed by atoms with Crippen LogP contribution in [0.15, 0.2) is 12.1 Å². The van der Waals surface area contributed by atoms with Crippen molar-refractivity contribution in [1.29, 1.82) is 0 Å². The molecule has 1 aromatic rings. The number of esters is 1. The second-order valence-corrected chi connectivity index (χ2v) is 5.59. The van der Waals surface area contributed by atoms with Gasteiger partial charge in [-0.15, -0.1) is 0 Å². The van der Waals surface area contributed by atoms with Crippen LogP contribution in [0.3, 0.4) is 0 Å². The SMILES string of the molecule is COC(=O)CCCCCNC(=S)Nc1cc(OC)c(OC)c(OC)c1. The second kappa shape index (κ2) is 11.4. The van der Waals surface area contributed by atoms with Crippen LogP contribution in [0.2, 0.25) is 0 Å². The van der Waals surface area contributed by atoms with Gasteiger partial charge >= 0.3 is 5.97 Å². The summed E-state index contributed by atoms with van der Waals surface area (Å²) in [7, 11) is 6.08. The number of anilines is 1. The number of nitrogens with one attached hydrogen (secondary N) is 2. The number of rotatable bonds is 10. The summed E-state index contributed by atoms with van der Waals surface area (Å²) in [5.74, 6) is 1.46. The number of unbranched alkanes of at least 4 members (excludes halogenated alkanes) is 2. The third-order valence-electron chi connectivity index (χ3n) is 3.49. The third kappa shape index (κ3) is 7.04. The topological polar surface area (TPSA) is 78.1 Å². The molecule has 140 valence electrons. The lowest BCUT2D eigenvalue weighted by atomic mass is 10.2. The summed E-state index contributed by atoms with van der Waals surface area (Å²) in [6, 6.07) is 3.57. The van der Waals surface area contributed by atoms with Gasteiger partial charge in [0.1, 0.15) is 0 Å². The van der Waals surface area contributed by atoms with Crippen LogP contribution in [0.1, 0.15) is 25.7 Å². The molecule has 0 heterocycles. The highest BCUT2D eigenvalue weighted by atomic mass is 32.1. The van der Waals surface area contributed by atoms with Gasteiger partial charge in [-0.1, -0.05) is 6.42 Å². The largest absolute Gasteiger partial charge is 0.493 e. The first-order chi connectivity index (χ1) is 12.0. The number of benzene rings is 1. The molecule has 25 heavy (non-hydrogen) atoms. The molecule has 0 fully saturated rings. The van der Waals surface area contributed by atoms with E-state index in [4.69, 9.17) is 26.4 Å². The van der Waals surface area contributed by atoms with Gasteiger partial charge in [-0.3, -0.25) is 4.79 Å². The first-order valence-electron chi connectivity index (χ1n) is 7.97. The van der Waals surface area contributed by atoms with Gasteiger partial charge in [0.2, 0.25) is 5.75 Å². The van der Waals surface area contributed by atoms with Crippen molar-refractivity contribution in [3.63, 3.8) is 0 Å². The number of thiocarbonyl (C=S) groups is 1. The third-order valence-corrected chi connectivity index (χ3v) is 3.74. The van der Waals surface area contributed by atoms with Crippen LogP contribution < -0.4 is 24.8 Å². The minimum Gasteiger partial charge on any atom is -0.493 e. The Morgan fingerprint density at radius 1 is 1.00 bits per heavy atom. The zero-order valence-corrected chi connectivity index (χ0v) is 16.0. The molecule has 1 aromatic carbocycles. The maximum absolute atomic E-state index is 11.0. The predicted molar refractivity (Wildman–Crippen MR) is 101 cm³/mol. The molecule has 8 heteroatoms. The maximum Gasteiger partial charge on any atom is 0.305 e. The van der Waals surface area contributed by atoms with E-state index in [2.05, 4.69) is 15.4 Å². The average Bonchev–Trinajstić information content (AvgIpc) is 2.63. The molecule has 0 saturated heterocycles. The number of carbonyl (C=O) groups is 1. The highest BCUT2D eigenvalue weighted by molar-refractivity contribution is 7.80. The van der Waals surface area contributed by atoms with Gasteiger partial charge in [-0.05, 0) is 25.1 Å². The van der Waals surface area contributed by atoms with Crippen molar-refractivity contribution in [2.45, 2.75) is 25.7 Å². The number of hydrogen-bond donors (Lipinski definition) is 2. The van der Waals surface area contributed by atoms with E-state index in [-0.39, 0.29) is 5.97 Å². The Kier molecular flexibility index (Phi) is 9.46. The van der Waals surface area contributed by atoms with Gasteiger partial charge in [0.15, 0.2) is 16.6 Å². The number of ether oxygens (including phenoxy) is 4. The maximum atomic E-state index is 11.0. The lowest BCUT2D eigenvalue weighted by molar-refractivity contribution is -0.140. The van der Waals surface area contributed by atoms with Gasteiger partial charge in [0, 0.05) is 30.8 Å². The molecule has 0 unspecified atom stereocenters. The Hall–Kier alpha value is -2.22. The number of hydrogen-bond acceptors (Lipinski definition) is 6. The normalized spacial score (nSPS) is 9.92. The molecular formula is C17H26N2O5S. The summed E-state index contributed by atoms with van der Waals surface area (Å²) < 4.78 is 20.5. The Bertz CT molecular complexity index is 555. The van der Waals surface area contributed by atoms with Crippen LogP contribution in [0.5, 0.6) is 17.2 Å². The highest BCUT2D eigenvalue weighted by Crippen LogP contribution is 2.39. The quantitative estimate of drug-likeness (QED) is 0.370. The number of methoxy groups -OCH3 is 4. The fourth-order valence-corrected chi connectivity index (χ4v) is 2.42. The summed E-state index contributed by atoms with van der Waals surface area (Å²) in [5.41, 5.74) is 0.734. The molecule has 0 saturated carbocycles. The summed E-state index contributed by atoms with van der Waals surface area (Å²) in [5, 5.41) is 6.72. The predicted octanol–water partition coefficient (Wildman–Crippen LogP) is 2.73. The monoisotopic (exact) mass is 370 g/mol. The van der Waals surface area contributed by atoms with Crippen molar-refractivity contribution in [3.8, 4) is 17.2 Å². The van der Waals surface area contributed by atoms with E-state index in [1.54, 1.807) is 33.5 Å². The fourth-order valence-electron chi connectivity index (χ4n) is 2.20. The van der Waals surface area contributed by atoms with E-state index in [1.807, 2.05) is 0 Å². The molecule has 0 amide bonds. The first kappa shape index (κ1) is 20.8. The van der Waals surface area contributed by atoms with Crippen LogP contribution in [0.4, 0.5) is 5.69 Å². The molecule has 1 rings (SSSR count). The molecule has 0 aliphatic rings. The van der Waals surface area contributed by atoms with E-state index in [0.717, 1.165) is 31.5 Å². The zero-order chi connectivity index (χ0) is 18.7. The van der Waals surface area contributed by atoms with E-state index in [1.165, 1.54) is 7.11 Å². The summed E-state index contributed by atoms with van der Waals surface area (Å²) in [4.78, 5) is 11.0. The minimum absolute atomic E-state index is 0.174. The average molecular weight is 370 g/mol. The molecule has 0 aromatic heterocycles. The zero-order valence-electron chi connectivity index (χ0n) is 15.1. The van der Waals surface area contributed by atoms with Crippen LogP contribution >= 0.6 is 12.2 Å². The Balaban J connectivity index is 2.45. The molecule has 0 bridgehead atoms. The van der Waals surface area contributed by atoms with E-state index >= 15 is 0 Å². The highest BCUT2D eigenvalue weighted by Gasteiger charge is 2.13. The van der Waals surface area contributed by atoms with Crippen molar-refractivity contribution in [1.82, 2.24) is 5.32 Å². The van der Waals surface area contributed by atoms with Gasteiger partial charge in [-0.2, -0.15) is 0 Å². The standard InChI is InChI=1S/C17H26N2O5S/c1-21-13-10-12(11-14(22-2)16(13)24-4)19-17(25)18-9-7-5-6-8-15(20)23-3/h10-11H,5-9H2,1-4H3,(H2,18,19,25). The van der Waals surface area contributed by atoms with Crippen LogP contribution in [0.25, 0.3) is 0 Å². The second-order valence-electron chi connectivity index (χ2n) is 5.18. The van der Waals surface area contributed by atoms with Crippen molar-refractivity contribution in [3.05, 3.63) is 12.1 Å². The van der Waals surface area contributed by atoms with Crippen molar-refractivity contribution in [2.75, 3.05) is 40.3 Å². The summed E-state index contributed by atoms with van der Waals surface area (Å²) in [6.07, 6.45) is 3.09. The van der Waals surface area contributed by atoms with Crippen LogP contribution in [-0.4, -0.2) is 46.1 Å². The fraction of sp³-hybridized carbons (Fsp3) is 0.529. The van der Waals surface area contributed by atoms with Crippen LogP contribution in [-0.2, 0) is 9.53 Å². The molecular weight excluding hydrogens is 344 g/mol. The Morgan fingerprint density at radius 2 is 1.64 bits per heavy atom. The molecule has 7 nitrogen and oxygen atoms in total. The lowest BCUT2D eigenvalue weighted by Gasteiger charge is -2.16. The molecule has 0 radical (unpaired) electrons. The Morgan fingerprint density at radius 3 is 2.16 bits per heavy atom. The van der Waals surface area contributed by atoms with Gasteiger partial charge < -0.3 is 29.6 Å². The molecule has 0 atom stereocenters.